The molecule has 188 valence electrons. The summed E-state index contributed by atoms with van der Waals surface area (Å²) < 4.78 is 19.6. The maximum absolute atomic E-state index is 14.3. The van der Waals surface area contributed by atoms with Crippen molar-refractivity contribution in [3.05, 3.63) is 36.3 Å². The van der Waals surface area contributed by atoms with E-state index in [1.165, 1.54) is 19.0 Å². The molecule has 2 aliphatic rings. The first-order chi connectivity index (χ1) is 17.0. The molecule has 2 unspecified atom stereocenters. The molecule has 0 radical (unpaired) electrons. The highest BCUT2D eigenvalue weighted by Crippen LogP contribution is 2.34. The summed E-state index contributed by atoms with van der Waals surface area (Å²) in [6.45, 7) is 7.30. The van der Waals surface area contributed by atoms with Crippen LogP contribution < -0.4 is 20.9 Å². The van der Waals surface area contributed by atoms with Gasteiger partial charge in [-0.05, 0) is 48.9 Å². The first-order valence-electron chi connectivity index (χ1n) is 12.2. The lowest BCUT2D eigenvalue weighted by molar-refractivity contribution is 0.0194. The van der Waals surface area contributed by atoms with Crippen LogP contribution in [0.15, 0.2) is 30.7 Å². The Morgan fingerprint density at radius 1 is 1.06 bits per heavy atom. The summed E-state index contributed by atoms with van der Waals surface area (Å²) in [6, 6.07) is 3.87. The summed E-state index contributed by atoms with van der Waals surface area (Å²) >= 11 is 0. The zero-order chi connectivity index (χ0) is 24.9. The molecule has 2 fully saturated rings. The van der Waals surface area contributed by atoms with E-state index in [2.05, 4.69) is 50.8 Å². The van der Waals surface area contributed by atoms with Crippen LogP contribution in [0, 0.1) is 0 Å². The lowest BCUT2D eigenvalue weighted by atomic mass is 9.98. The average Bonchev–Trinajstić information content (AvgIpc) is 2.84. The Kier molecular flexibility index (Phi) is 7.92. The number of piperidine rings is 1. The average molecular weight is 483 g/mol. The molecule has 5 rings (SSSR count). The van der Waals surface area contributed by atoms with E-state index < -0.39 is 6.17 Å². The Balaban J connectivity index is 0.00000141. The molecule has 0 spiro atoms. The van der Waals surface area contributed by atoms with Crippen molar-refractivity contribution in [1.82, 2.24) is 19.9 Å². The molecule has 2 atom stereocenters. The van der Waals surface area contributed by atoms with Crippen molar-refractivity contribution in [2.45, 2.75) is 44.9 Å². The van der Waals surface area contributed by atoms with Crippen LogP contribution in [0.2, 0.25) is 0 Å². The van der Waals surface area contributed by atoms with Gasteiger partial charge in [0.15, 0.2) is 0 Å². The highest BCUT2D eigenvalue weighted by atomic mass is 19.1. The topological polar surface area (TPSA) is 105 Å². The number of nitrogens with zero attached hydrogens (tertiary/aromatic N) is 6. The van der Waals surface area contributed by atoms with Crippen molar-refractivity contribution in [3.63, 3.8) is 0 Å². The SMILES string of the molecule is CN.COC1CCN(c2nccc(Nc3cc4c(C(C)C)cnc(N5CCC5)c4cn3)n2)CC1F. The number of nitrogens with one attached hydrogen (secondary N) is 1. The molecule has 9 nitrogen and oxygen atoms in total. The standard InChI is InChI=1S/C24H30FN7O.CH5N/c1-15(2)17-12-28-23(31-8-4-9-31)18-13-27-22(11-16(17)18)29-21-5-7-26-24(30-21)32-10-6-20(33-3)19(25)14-32;1-2/h5,7,11-13,15,19-20H,4,6,8-10,14H2,1-3H3,(H,26,27,29,30);2H2,1H3. The van der Waals surface area contributed by atoms with Crippen LogP contribution in [0.4, 0.5) is 27.8 Å². The van der Waals surface area contributed by atoms with E-state index in [1.54, 1.807) is 19.4 Å². The Morgan fingerprint density at radius 3 is 2.51 bits per heavy atom. The van der Waals surface area contributed by atoms with E-state index in [9.17, 15) is 4.39 Å². The van der Waals surface area contributed by atoms with E-state index in [0.717, 1.165) is 29.7 Å². The predicted octanol–water partition coefficient (Wildman–Crippen LogP) is 3.64. The minimum atomic E-state index is -1.06. The fourth-order valence-corrected chi connectivity index (χ4v) is 4.48. The Labute approximate surface area is 205 Å². The number of methoxy groups -OCH3 is 1. The van der Waals surface area contributed by atoms with Gasteiger partial charge in [0.2, 0.25) is 5.95 Å². The van der Waals surface area contributed by atoms with Crippen LogP contribution >= 0.6 is 0 Å². The number of alkyl halides is 1. The monoisotopic (exact) mass is 482 g/mol. The molecule has 5 heterocycles. The van der Waals surface area contributed by atoms with Gasteiger partial charge in [-0.3, -0.25) is 0 Å². The largest absolute Gasteiger partial charge is 0.378 e. The maximum Gasteiger partial charge on any atom is 0.227 e. The molecule has 0 saturated carbocycles. The Hall–Kier alpha value is -3.11. The highest BCUT2D eigenvalue weighted by molar-refractivity contribution is 5.96. The number of nitrogens with two attached hydrogens (primary N) is 1. The number of fused-ring (bicyclic) bond motifs is 1. The summed E-state index contributed by atoms with van der Waals surface area (Å²) in [4.78, 5) is 22.5. The Bertz CT molecular complexity index is 1140. The van der Waals surface area contributed by atoms with E-state index in [0.29, 0.717) is 36.5 Å². The molecule has 0 bridgehead atoms. The van der Waals surface area contributed by atoms with Gasteiger partial charge in [-0.15, -0.1) is 0 Å². The van der Waals surface area contributed by atoms with Crippen LogP contribution in [0.1, 0.15) is 38.2 Å². The fraction of sp³-hybridized carbons (Fsp3) is 0.520. The number of pyridine rings is 2. The zero-order valence-electron chi connectivity index (χ0n) is 20.9. The molecular weight excluding hydrogens is 447 g/mol. The third-order valence-electron chi connectivity index (χ3n) is 6.53. The molecule has 3 aromatic heterocycles. The third kappa shape index (κ3) is 5.28. The molecule has 3 aromatic rings. The van der Waals surface area contributed by atoms with Crippen molar-refractivity contribution in [3.8, 4) is 0 Å². The molecule has 2 saturated heterocycles. The van der Waals surface area contributed by atoms with E-state index >= 15 is 0 Å². The molecule has 0 aromatic carbocycles. The number of hydrogen-bond acceptors (Lipinski definition) is 9. The quantitative estimate of drug-likeness (QED) is 0.545. The van der Waals surface area contributed by atoms with Gasteiger partial charge in [0.25, 0.3) is 0 Å². The molecule has 0 aliphatic carbocycles. The van der Waals surface area contributed by atoms with Gasteiger partial charge in [0, 0.05) is 50.7 Å². The highest BCUT2D eigenvalue weighted by Gasteiger charge is 2.30. The van der Waals surface area contributed by atoms with Crippen LogP contribution in [0.3, 0.4) is 0 Å². The normalized spacial score (nSPS) is 19.9. The number of ether oxygens (including phenoxy) is 1. The molecular formula is C25H35FN8O. The van der Waals surface area contributed by atoms with E-state index in [1.807, 2.05) is 17.3 Å². The van der Waals surface area contributed by atoms with Crippen molar-refractivity contribution in [1.29, 1.82) is 0 Å². The maximum atomic E-state index is 14.3. The van der Waals surface area contributed by atoms with Crippen LogP contribution in [-0.4, -0.2) is 72.5 Å². The number of halogens is 1. The number of hydrogen-bond donors (Lipinski definition) is 2. The van der Waals surface area contributed by atoms with Gasteiger partial charge in [0.1, 0.15) is 23.6 Å². The molecule has 0 amide bonds. The van der Waals surface area contributed by atoms with Crippen LogP contribution in [-0.2, 0) is 4.74 Å². The summed E-state index contributed by atoms with van der Waals surface area (Å²) in [5.41, 5.74) is 5.69. The van der Waals surface area contributed by atoms with Gasteiger partial charge in [-0.1, -0.05) is 13.8 Å². The smallest absolute Gasteiger partial charge is 0.227 e. The second-order valence-corrected chi connectivity index (χ2v) is 9.04. The van der Waals surface area contributed by atoms with Gasteiger partial charge in [-0.25, -0.2) is 19.3 Å². The first kappa shape index (κ1) is 25.0. The van der Waals surface area contributed by atoms with Gasteiger partial charge < -0.3 is 25.6 Å². The molecule has 3 N–H and O–H groups in total. The molecule has 2 aliphatic heterocycles. The molecule has 35 heavy (non-hydrogen) atoms. The zero-order valence-corrected chi connectivity index (χ0v) is 20.9. The predicted molar refractivity (Wildman–Crippen MR) is 138 cm³/mol. The van der Waals surface area contributed by atoms with Crippen molar-refractivity contribution in [2.75, 3.05) is 55.5 Å². The van der Waals surface area contributed by atoms with Gasteiger partial charge in [-0.2, -0.15) is 4.98 Å². The number of anilines is 4. The van der Waals surface area contributed by atoms with Gasteiger partial charge >= 0.3 is 0 Å². The van der Waals surface area contributed by atoms with Gasteiger partial charge in [0.05, 0.1) is 12.6 Å². The van der Waals surface area contributed by atoms with E-state index in [-0.39, 0.29) is 12.6 Å². The summed E-state index contributed by atoms with van der Waals surface area (Å²) in [7, 11) is 3.05. The third-order valence-corrected chi connectivity index (χ3v) is 6.53. The lowest BCUT2D eigenvalue weighted by Gasteiger charge is -2.33. The summed E-state index contributed by atoms with van der Waals surface area (Å²) in [5, 5.41) is 5.53. The fourth-order valence-electron chi connectivity index (χ4n) is 4.48. The summed E-state index contributed by atoms with van der Waals surface area (Å²) in [5.74, 6) is 3.18. The first-order valence-corrected chi connectivity index (χ1v) is 12.2. The van der Waals surface area contributed by atoms with E-state index in [4.69, 9.17) is 9.72 Å². The van der Waals surface area contributed by atoms with Crippen molar-refractivity contribution < 1.29 is 9.13 Å². The Morgan fingerprint density at radius 2 is 1.86 bits per heavy atom. The summed E-state index contributed by atoms with van der Waals surface area (Å²) in [6.07, 6.45) is 5.96. The van der Waals surface area contributed by atoms with Crippen molar-refractivity contribution in [2.24, 2.45) is 5.73 Å². The molecule has 10 heteroatoms. The number of rotatable bonds is 6. The second kappa shape index (κ2) is 11.1. The number of aromatic nitrogens is 4. The van der Waals surface area contributed by atoms with Crippen molar-refractivity contribution >= 4 is 34.2 Å². The minimum Gasteiger partial charge on any atom is -0.378 e. The lowest BCUT2D eigenvalue weighted by Crippen LogP contribution is -2.46. The van der Waals surface area contributed by atoms with Crippen LogP contribution in [0.5, 0.6) is 0 Å². The minimum absolute atomic E-state index is 0.222. The second-order valence-electron chi connectivity index (χ2n) is 9.04. The van der Waals surface area contributed by atoms with Crippen LogP contribution in [0.25, 0.3) is 10.8 Å².